The van der Waals surface area contributed by atoms with Gasteiger partial charge in [0.25, 0.3) is 0 Å². The molecule has 1 N–H and O–H groups in total. The number of rotatable bonds is 1. The summed E-state index contributed by atoms with van der Waals surface area (Å²) in [7, 11) is 0. The number of carboxylic acids is 1. The van der Waals surface area contributed by atoms with Gasteiger partial charge in [-0.05, 0) is 6.07 Å². The topological polar surface area (TPSA) is 63.8 Å². The second-order valence-corrected chi connectivity index (χ2v) is 4.06. The Hall–Kier alpha value is -1.97. The van der Waals surface area contributed by atoms with Gasteiger partial charge >= 0.3 is 5.97 Å². The summed E-state index contributed by atoms with van der Waals surface area (Å²) < 4.78 is 0. The molecule has 0 bridgehead atoms. The quantitative estimate of drug-likeness (QED) is 0.693. The molecule has 77 valence electrons. The maximum absolute atomic E-state index is 11.0. The maximum Gasteiger partial charge on any atom is 0.336 e. The highest BCUT2D eigenvalue weighted by Gasteiger charge is 2.19. The molecular weight excluding hydrogens is 224 g/mol. The Bertz CT molecular complexity index is 684. The smallest absolute Gasteiger partial charge is 0.336 e. The number of nitrogens with zero attached hydrogens (tertiary/aromatic N) is 2. The van der Waals surface area contributed by atoms with Gasteiger partial charge in [0.1, 0.15) is 5.71 Å². The zero-order valence-corrected chi connectivity index (χ0v) is 8.78. The third-order valence-corrected chi connectivity index (χ3v) is 3.18. The van der Waals surface area contributed by atoms with Gasteiger partial charge in [-0.15, -0.1) is 15.7 Å². The number of carboxylic acid groups (broad SMARTS) is 1. The van der Waals surface area contributed by atoms with E-state index in [9.17, 15) is 4.79 Å². The fourth-order valence-electron chi connectivity index (χ4n) is 1.69. The minimum absolute atomic E-state index is 0.257. The summed E-state index contributed by atoms with van der Waals surface area (Å²) in [5.74, 6) is -0.946. The highest BCUT2D eigenvalue weighted by Crippen LogP contribution is 2.22. The van der Waals surface area contributed by atoms with Crippen molar-refractivity contribution in [1.82, 2.24) is 4.83 Å². The lowest BCUT2D eigenvalue weighted by Crippen LogP contribution is -2.33. The zero-order chi connectivity index (χ0) is 11.1. The van der Waals surface area contributed by atoms with E-state index in [1.807, 2.05) is 6.07 Å². The van der Waals surface area contributed by atoms with Crippen molar-refractivity contribution in [3.63, 3.8) is 0 Å². The van der Waals surface area contributed by atoms with E-state index in [0.29, 0.717) is 5.22 Å². The Morgan fingerprint density at radius 1 is 1.44 bits per heavy atom. The van der Waals surface area contributed by atoms with Crippen molar-refractivity contribution < 1.29 is 9.90 Å². The van der Waals surface area contributed by atoms with Gasteiger partial charge in [-0.2, -0.15) is 0 Å². The molecule has 0 fully saturated rings. The van der Waals surface area contributed by atoms with Crippen LogP contribution in [0.1, 0.15) is 10.4 Å². The second-order valence-electron chi connectivity index (χ2n) is 3.31. The summed E-state index contributed by atoms with van der Waals surface area (Å²) in [5, 5.41) is 14.4. The van der Waals surface area contributed by atoms with Gasteiger partial charge in [-0.3, -0.25) is 0 Å². The van der Waals surface area contributed by atoms with E-state index in [1.54, 1.807) is 18.2 Å². The maximum atomic E-state index is 11.0. The van der Waals surface area contributed by atoms with Crippen LogP contribution >= 0.6 is 11.9 Å². The highest BCUT2D eigenvalue weighted by atomic mass is 32.2. The SMILES string of the molecule is O=C(O)c1cccc2c1=C=CC1=N[N]SC=21. The monoisotopic (exact) mass is 229 g/mol. The first-order valence-corrected chi connectivity index (χ1v) is 5.33. The van der Waals surface area contributed by atoms with E-state index >= 15 is 0 Å². The largest absolute Gasteiger partial charge is 0.478 e. The van der Waals surface area contributed by atoms with Crippen LogP contribution < -0.4 is 15.3 Å². The first-order chi connectivity index (χ1) is 7.77. The molecule has 3 rings (SSSR count). The van der Waals surface area contributed by atoms with Crippen LogP contribution in [-0.4, -0.2) is 16.8 Å². The van der Waals surface area contributed by atoms with E-state index in [2.05, 4.69) is 15.7 Å². The summed E-state index contributed by atoms with van der Waals surface area (Å²) in [4.78, 5) is 15.8. The van der Waals surface area contributed by atoms with Gasteiger partial charge in [0.15, 0.2) is 0 Å². The minimum atomic E-state index is -0.946. The van der Waals surface area contributed by atoms with E-state index in [1.165, 1.54) is 11.9 Å². The molecule has 2 aliphatic rings. The van der Waals surface area contributed by atoms with Gasteiger partial charge in [0.2, 0.25) is 0 Å². The molecule has 1 radical (unpaired) electrons. The third-order valence-electron chi connectivity index (χ3n) is 2.41. The number of carbonyl (C=O) groups is 1. The first-order valence-electron chi connectivity index (χ1n) is 4.56. The Labute approximate surface area is 94.8 Å². The summed E-state index contributed by atoms with van der Waals surface area (Å²) >= 11 is 1.26. The van der Waals surface area contributed by atoms with Crippen molar-refractivity contribution in [3.05, 3.63) is 40.3 Å². The van der Waals surface area contributed by atoms with E-state index < -0.39 is 5.97 Å². The first kappa shape index (κ1) is 9.27. The van der Waals surface area contributed by atoms with Crippen molar-refractivity contribution in [1.29, 1.82) is 0 Å². The number of aromatic carboxylic acids is 1. The molecule has 1 heterocycles. The molecule has 0 spiro atoms. The number of hydrogen-bond acceptors (Lipinski definition) is 3. The standard InChI is InChI=1S/C11H5N2O2S/c14-11(15)8-3-1-2-7-6(8)4-5-9-10(7)16-13-12-9/h1-3,5H,(H,14,15). The number of allylic oxidation sites excluding steroid dienone is 1. The van der Waals surface area contributed by atoms with E-state index in [-0.39, 0.29) is 5.56 Å². The van der Waals surface area contributed by atoms with Gasteiger partial charge in [-0.25, -0.2) is 4.79 Å². The van der Waals surface area contributed by atoms with Crippen molar-refractivity contribution in [2.45, 2.75) is 0 Å². The average molecular weight is 229 g/mol. The Kier molecular flexibility index (Phi) is 1.89. The van der Waals surface area contributed by atoms with Crippen LogP contribution in [0.3, 0.4) is 0 Å². The Balaban J connectivity index is 2.50. The average Bonchev–Trinajstić information content (AvgIpc) is 2.76. The Morgan fingerprint density at radius 3 is 3.12 bits per heavy atom. The lowest BCUT2D eigenvalue weighted by atomic mass is 10.1. The molecule has 0 atom stereocenters. The van der Waals surface area contributed by atoms with Gasteiger partial charge in [0, 0.05) is 28.5 Å². The Morgan fingerprint density at radius 2 is 2.31 bits per heavy atom. The van der Waals surface area contributed by atoms with E-state index in [0.717, 1.165) is 15.8 Å². The fraction of sp³-hybridized carbons (Fsp3) is 0. The molecular formula is C11H5N2O2S. The third kappa shape index (κ3) is 1.19. The number of hydrogen-bond donors (Lipinski definition) is 1. The lowest BCUT2D eigenvalue weighted by Gasteiger charge is -2.02. The van der Waals surface area contributed by atoms with Crippen molar-refractivity contribution in [2.75, 3.05) is 0 Å². The molecule has 4 nitrogen and oxygen atoms in total. The van der Waals surface area contributed by atoms with Crippen LogP contribution in [0, 0.1) is 0 Å². The van der Waals surface area contributed by atoms with Crippen LogP contribution in [0.15, 0.2) is 29.4 Å². The van der Waals surface area contributed by atoms with Crippen LogP contribution in [0.2, 0.25) is 0 Å². The predicted octanol–water partition coefficient (Wildman–Crippen LogP) is 0.0644. The van der Waals surface area contributed by atoms with E-state index in [4.69, 9.17) is 5.11 Å². The van der Waals surface area contributed by atoms with Crippen molar-refractivity contribution >= 4 is 34.3 Å². The molecule has 5 heteroatoms. The van der Waals surface area contributed by atoms with Crippen molar-refractivity contribution in [3.8, 4) is 0 Å². The number of benzene rings is 1. The normalized spacial score (nSPS) is 15.8. The lowest BCUT2D eigenvalue weighted by molar-refractivity contribution is 0.0695. The molecule has 1 aromatic rings. The molecule has 0 amide bonds. The van der Waals surface area contributed by atoms with Crippen LogP contribution in [0.4, 0.5) is 0 Å². The molecule has 0 saturated carbocycles. The summed E-state index contributed by atoms with van der Waals surface area (Å²) in [5.41, 5.74) is 3.96. The molecule has 1 aromatic carbocycles. The summed E-state index contributed by atoms with van der Waals surface area (Å²) in [6.07, 6.45) is 1.67. The molecule has 1 aliphatic heterocycles. The minimum Gasteiger partial charge on any atom is -0.478 e. The predicted molar refractivity (Wildman–Crippen MR) is 61.2 cm³/mol. The zero-order valence-electron chi connectivity index (χ0n) is 7.97. The van der Waals surface area contributed by atoms with Crippen molar-refractivity contribution in [2.24, 2.45) is 5.10 Å². The highest BCUT2D eigenvalue weighted by molar-refractivity contribution is 8.07. The molecule has 1 aliphatic carbocycles. The number of fused-ring (bicyclic) bond motifs is 2. The second kappa shape index (κ2) is 3.27. The molecule has 0 aromatic heterocycles. The van der Waals surface area contributed by atoms with Gasteiger partial charge in [-0.1, -0.05) is 12.1 Å². The van der Waals surface area contributed by atoms with Gasteiger partial charge < -0.3 is 5.11 Å². The molecule has 16 heavy (non-hydrogen) atoms. The van der Waals surface area contributed by atoms with Crippen LogP contribution in [0.25, 0.3) is 10.6 Å². The fourth-order valence-corrected chi connectivity index (χ4v) is 2.37. The summed E-state index contributed by atoms with van der Waals surface area (Å²) in [6.45, 7) is 0. The summed E-state index contributed by atoms with van der Waals surface area (Å²) in [6, 6.07) is 5.15. The molecule has 0 saturated heterocycles. The van der Waals surface area contributed by atoms with Crippen LogP contribution in [-0.2, 0) is 0 Å². The van der Waals surface area contributed by atoms with Gasteiger partial charge in [0.05, 0.1) is 10.5 Å². The molecule has 0 unspecified atom stereocenters. The van der Waals surface area contributed by atoms with Crippen LogP contribution in [0.5, 0.6) is 0 Å².